The van der Waals surface area contributed by atoms with E-state index in [0.717, 1.165) is 6.61 Å². The third-order valence-electron chi connectivity index (χ3n) is 4.29. The van der Waals surface area contributed by atoms with E-state index in [2.05, 4.69) is 13.8 Å². The van der Waals surface area contributed by atoms with Crippen molar-refractivity contribution in [2.75, 3.05) is 13.2 Å². The van der Waals surface area contributed by atoms with Crippen LogP contribution < -0.4 is 29.6 Å². The summed E-state index contributed by atoms with van der Waals surface area (Å²) in [5.74, 6) is 0. The zero-order valence-corrected chi connectivity index (χ0v) is 20.7. The molecule has 5 nitrogen and oxygen atoms in total. The van der Waals surface area contributed by atoms with E-state index in [-0.39, 0.29) is 29.6 Å². The fourth-order valence-corrected chi connectivity index (χ4v) is 2.85. The summed E-state index contributed by atoms with van der Waals surface area (Å²) in [6.07, 6.45) is 22.8. The standard InChI is InChI=1S/C20H41O.Na.H2O4S/c1-3-5-6-7-8-9-10-11-12-13-14-15-16-17-18-19-20-21-4-2;;1-5(2,3)4/h2-20H2,1H3;;(H2,1,2,3,4)/q-1;+1;/p-2. The third-order valence-corrected chi connectivity index (χ3v) is 4.29. The van der Waals surface area contributed by atoms with Gasteiger partial charge >= 0.3 is 29.6 Å². The van der Waals surface area contributed by atoms with Gasteiger partial charge < -0.3 is 20.8 Å². The Morgan fingerprint density at radius 1 is 0.667 bits per heavy atom. The maximum atomic E-state index is 8.52. The van der Waals surface area contributed by atoms with Crippen LogP contribution in [0, 0.1) is 6.92 Å². The topological polar surface area (TPSA) is 89.5 Å². The van der Waals surface area contributed by atoms with Crippen molar-refractivity contribution in [2.45, 2.75) is 110 Å². The van der Waals surface area contributed by atoms with E-state index < -0.39 is 10.4 Å². The second-order valence-corrected chi connectivity index (χ2v) is 7.64. The maximum absolute atomic E-state index is 8.52. The molecule has 0 bridgehead atoms. The molecule has 0 unspecified atom stereocenters. The average Bonchev–Trinajstić information content (AvgIpc) is 2.56. The van der Waals surface area contributed by atoms with Gasteiger partial charge in [-0.25, -0.2) is 0 Å². The Balaban J connectivity index is -0.000000844. The molecule has 0 fully saturated rings. The van der Waals surface area contributed by atoms with Crippen molar-refractivity contribution < 1.29 is 51.8 Å². The normalized spacial score (nSPS) is 10.8. The van der Waals surface area contributed by atoms with Crippen molar-refractivity contribution >= 4 is 10.4 Å². The minimum Gasteiger partial charge on any atom is -0.759 e. The van der Waals surface area contributed by atoms with Crippen molar-refractivity contribution in [1.82, 2.24) is 0 Å². The van der Waals surface area contributed by atoms with Crippen molar-refractivity contribution in [3.8, 4) is 0 Å². The minimum absolute atomic E-state index is 0. The van der Waals surface area contributed by atoms with E-state index in [1.165, 1.54) is 103 Å². The molecule has 0 saturated carbocycles. The first kappa shape index (κ1) is 32.5. The Morgan fingerprint density at radius 2 is 0.926 bits per heavy atom. The molecular weight excluding hydrogens is 375 g/mol. The summed E-state index contributed by atoms with van der Waals surface area (Å²) in [5, 5.41) is 0. The molecule has 0 amide bonds. The molecule has 27 heavy (non-hydrogen) atoms. The molecule has 0 aromatic carbocycles. The van der Waals surface area contributed by atoms with Crippen molar-refractivity contribution in [3.05, 3.63) is 6.92 Å². The summed E-state index contributed by atoms with van der Waals surface area (Å²) in [6.45, 7) is 7.49. The van der Waals surface area contributed by atoms with Crippen LogP contribution in [0.4, 0.5) is 0 Å². The number of hydrogen-bond acceptors (Lipinski definition) is 5. The van der Waals surface area contributed by atoms with Crippen molar-refractivity contribution in [3.63, 3.8) is 0 Å². The van der Waals surface area contributed by atoms with Crippen LogP contribution in [-0.4, -0.2) is 30.7 Å². The SMILES string of the molecule is O=S(=O)([O-])[O-].[CH2-]COCCCCCCCCCCCCCCCCCC.[Na+]. The molecule has 0 aliphatic carbocycles. The second kappa shape index (κ2) is 26.8. The molecule has 0 aromatic rings. The van der Waals surface area contributed by atoms with Gasteiger partial charge in [-0.2, -0.15) is 0 Å². The van der Waals surface area contributed by atoms with Crippen LogP contribution in [0.3, 0.4) is 0 Å². The van der Waals surface area contributed by atoms with Gasteiger partial charge in [-0.3, -0.25) is 8.42 Å². The largest absolute Gasteiger partial charge is 1.00 e. The van der Waals surface area contributed by atoms with E-state index in [1.54, 1.807) is 0 Å². The molecule has 0 N–H and O–H groups in total. The first-order valence-corrected chi connectivity index (χ1v) is 11.8. The van der Waals surface area contributed by atoms with Gasteiger partial charge in [0.15, 0.2) is 0 Å². The molecule has 0 spiro atoms. The maximum Gasteiger partial charge on any atom is 1.00 e. The van der Waals surface area contributed by atoms with Gasteiger partial charge in [-0.15, -0.1) is 0 Å². The second-order valence-electron chi connectivity index (χ2n) is 6.82. The van der Waals surface area contributed by atoms with Gasteiger partial charge in [0.1, 0.15) is 0 Å². The Kier molecular flexibility index (Phi) is 32.3. The van der Waals surface area contributed by atoms with Crippen LogP contribution in [0.15, 0.2) is 0 Å². The van der Waals surface area contributed by atoms with E-state index in [1.807, 2.05) is 0 Å². The van der Waals surface area contributed by atoms with Crippen LogP contribution in [-0.2, 0) is 15.1 Å². The summed E-state index contributed by atoms with van der Waals surface area (Å²) in [4.78, 5) is 0. The molecule has 0 heterocycles. The monoisotopic (exact) mass is 416 g/mol. The Morgan fingerprint density at radius 3 is 1.19 bits per heavy atom. The van der Waals surface area contributed by atoms with Crippen LogP contribution >= 0.6 is 0 Å². The molecule has 0 atom stereocenters. The first-order chi connectivity index (χ1) is 12.4. The van der Waals surface area contributed by atoms with Crippen LogP contribution in [0.25, 0.3) is 0 Å². The van der Waals surface area contributed by atoms with Crippen molar-refractivity contribution in [2.24, 2.45) is 0 Å². The zero-order valence-electron chi connectivity index (χ0n) is 17.9. The molecule has 7 heteroatoms. The molecule has 0 aliphatic heterocycles. The molecular formula is C20H41NaO5S-2. The van der Waals surface area contributed by atoms with E-state index >= 15 is 0 Å². The smallest absolute Gasteiger partial charge is 0.759 e. The number of rotatable bonds is 18. The zero-order chi connectivity index (χ0) is 19.9. The Labute approximate surface area is 191 Å². The molecule has 0 radical (unpaired) electrons. The summed E-state index contributed by atoms with van der Waals surface area (Å²) in [7, 11) is -5.17. The van der Waals surface area contributed by atoms with Gasteiger partial charge in [0.2, 0.25) is 0 Å². The van der Waals surface area contributed by atoms with Gasteiger partial charge in [-0.1, -0.05) is 110 Å². The minimum atomic E-state index is -5.17. The molecule has 0 rings (SSSR count). The van der Waals surface area contributed by atoms with Gasteiger partial charge in [0.05, 0.1) is 0 Å². The van der Waals surface area contributed by atoms with Gasteiger partial charge in [0.25, 0.3) is 0 Å². The molecule has 160 valence electrons. The summed E-state index contributed by atoms with van der Waals surface area (Å²) in [6, 6.07) is 0. The summed E-state index contributed by atoms with van der Waals surface area (Å²) in [5.41, 5.74) is 0. The first-order valence-electron chi connectivity index (χ1n) is 10.5. The van der Waals surface area contributed by atoms with E-state index in [9.17, 15) is 0 Å². The van der Waals surface area contributed by atoms with Gasteiger partial charge in [0, 0.05) is 17.0 Å². The van der Waals surface area contributed by atoms with Crippen molar-refractivity contribution in [1.29, 1.82) is 0 Å². The number of unbranched alkanes of at least 4 members (excludes halogenated alkanes) is 15. The fourth-order valence-electron chi connectivity index (χ4n) is 2.85. The molecule has 0 aliphatic rings. The predicted octanol–water partition coefficient (Wildman–Crippen LogP) is 2.76. The number of hydrogen-bond donors (Lipinski definition) is 0. The third kappa shape index (κ3) is 46.7. The summed E-state index contributed by atoms with van der Waals surface area (Å²) < 4.78 is 39.3. The van der Waals surface area contributed by atoms with E-state index in [4.69, 9.17) is 22.3 Å². The van der Waals surface area contributed by atoms with E-state index in [0.29, 0.717) is 6.61 Å². The molecule has 0 aromatic heterocycles. The predicted molar refractivity (Wildman–Crippen MR) is 106 cm³/mol. The quantitative estimate of drug-likeness (QED) is 0.113. The fraction of sp³-hybridized carbons (Fsp3) is 0.950. The summed E-state index contributed by atoms with van der Waals surface area (Å²) >= 11 is 0. The average molecular weight is 417 g/mol. The van der Waals surface area contributed by atoms with Crippen LogP contribution in [0.2, 0.25) is 0 Å². The Bertz CT molecular complexity index is 324. The number of ether oxygens (including phenoxy) is 1. The van der Waals surface area contributed by atoms with Crippen LogP contribution in [0.1, 0.15) is 110 Å². The van der Waals surface area contributed by atoms with Crippen LogP contribution in [0.5, 0.6) is 0 Å². The molecule has 0 saturated heterocycles. The van der Waals surface area contributed by atoms with Gasteiger partial charge in [-0.05, 0) is 6.42 Å². The Hall–Kier alpha value is 0.830.